The Morgan fingerprint density at radius 3 is 2.83 bits per heavy atom. The quantitative estimate of drug-likeness (QED) is 0.675. The van der Waals surface area contributed by atoms with Crippen LogP contribution in [0.3, 0.4) is 0 Å². The molecule has 2 aliphatic carbocycles. The van der Waals surface area contributed by atoms with E-state index in [9.17, 15) is 4.79 Å². The Hall–Kier alpha value is -2.16. The lowest BCUT2D eigenvalue weighted by Gasteiger charge is -2.16. The van der Waals surface area contributed by atoms with E-state index in [4.69, 9.17) is 0 Å². The Kier molecular flexibility index (Phi) is 3.86. The molecule has 2 saturated carbocycles. The van der Waals surface area contributed by atoms with Gasteiger partial charge in [-0.2, -0.15) is 5.10 Å². The number of hydrazone groups is 1. The molecule has 1 N–H and O–H groups in total. The van der Waals surface area contributed by atoms with Gasteiger partial charge in [-0.15, -0.1) is 0 Å². The van der Waals surface area contributed by atoms with Crippen molar-refractivity contribution in [1.29, 1.82) is 0 Å². The van der Waals surface area contributed by atoms with Crippen LogP contribution < -0.4 is 5.43 Å². The molecule has 118 valence electrons. The van der Waals surface area contributed by atoms with Crippen LogP contribution >= 0.6 is 0 Å². The minimum absolute atomic E-state index is 0.0410. The molecule has 3 atom stereocenters. The van der Waals surface area contributed by atoms with E-state index < -0.39 is 0 Å². The normalized spacial score (nSPS) is 26.2. The molecule has 0 spiro atoms. The van der Waals surface area contributed by atoms with E-state index >= 15 is 0 Å². The highest BCUT2D eigenvalue weighted by Crippen LogP contribution is 2.47. The number of amides is 1. The van der Waals surface area contributed by atoms with Crippen molar-refractivity contribution in [1.82, 2.24) is 5.43 Å². The van der Waals surface area contributed by atoms with Crippen LogP contribution in [0.15, 0.2) is 47.6 Å². The van der Waals surface area contributed by atoms with E-state index in [1.807, 2.05) is 30.5 Å². The van der Waals surface area contributed by atoms with Gasteiger partial charge in [0.05, 0.1) is 6.42 Å². The molecular weight excluding hydrogens is 284 g/mol. The van der Waals surface area contributed by atoms with Crippen molar-refractivity contribution in [3.8, 4) is 0 Å². The second-order valence-corrected chi connectivity index (χ2v) is 6.97. The zero-order valence-corrected chi connectivity index (χ0v) is 13.2. The number of nitrogens with one attached hydrogen (secondary N) is 1. The molecule has 2 aromatic carbocycles. The van der Waals surface area contributed by atoms with Crippen molar-refractivity contribution < 1.29 is 4.79 Å². The molecule has 0 radical (unpaired) electrons. The number of fused-ring (bicyclic) bond motifs is 3. The van der Waals surface area contributed by atoms with Crippen LogP contribution in [0.4, 0.5) is 0 Å². The number of nitrogens with zero attached hydrogens (tertiary/aromatic N) is 1. The first-order chi connectivity index (χ1) is 11.3. The summed E-state index contributed by atoms with van der Waals surface area (Å²) < 4.78 is 0. The molecular formula is C20H22N2O. The van der Waals surface area contributed by atoms with Gasteiger partial charge in [0.1, 0.15) is 0 Å². The molecule has 3 heteroatoms. The standard InChI is InChI=1S/C20H22N2O/c23-20(22-21-13-18-11-14-8-9-16(18)10-14)12-17-6-3-5-15-4-1-2-7-19(15)17/h1-7,13-14,16,18H,8-12H2,(H,22,23)/b21-13+. The molecule has 0 aliphatic heterocycles. The third-order valence-corrected chi connectivity index (χ3v) is 5.48. The molecule has 2 fully saturated rings. The van der Waals surface area contributed by atoms with E-state index in [0.717, 1.165) is 22.8 Å². The van der Waals surface area contributed by atoms with Crippen LogP contribution in [0.5, 0.6) is 0 Å². The first-order valence-corrected chi connectivity index (χ1v) is 8.58. The molecule has 0 heterocycles. The average Bonchev–Trinajstić information content (AvgIpc) is 3.18. The summed E-state index contributed by atoms with van der Waals surface area (Å²) in [5, 5.41) is 6.53. The van der Waals surface area contributed by atoms with Gasteiger partial charge < -0.3 is 0 Å². The summed E-state index contributed by atoms with van der Waals surface area (Å²) >= 11 is 0. The molecule has 0 aromatic heterocycles. The summed E-state index contributed by atoms with van der Waals surface area (Å²) in [6.07, 6.45) is 7.70. The molecule has 4 rings (SSSR count). The molecule has 2 bridgehead atoms. The van der Waals surface area contributed by atoms with Crippen LogP contribution in [0.25, 0.3) is 10.8 Å². The Morgan fingerprint density at radius 1 is 1.13 bits per heavy atom. The number of hydrogen-bond donors (Lipinski definition) is 1. The zero-order chi connectivity index (χ0) is 15.6. The summed E-state index contributed by atoms with van der Waals surface area (Å²) in [5.41, 5.74) is 3.76. The maximum atomic E-state index is 12.2. The molecule has 0 saturated heterocycles. The monoisotopic (exact) mass is 306 g/mol. The lowest BCUT2D eigenvalue weighted by Crippen LogP contribution is -2.21. The van der Waals surface area contributed by atoms with Gasteiger partial charge in [-0.3, -0.25) is 4.79 Å². The Balaban J connectivity index is 1.38. The number of rotatable bonds is 4. The second kappa shape index (κ2) is 6.15. The summed E-state index contributed by atoms with van der Waals surface area (Å²) in [5.74, 6) is 2.24. The molecule has 3 unspecified atom stereocenters. The first-order valence-electron chi connectivity index (χ1n) is 8.58. The van der Waals surface area contributed by atoms with Crippen LogP contribution in [0, 0.1) is 17.8 Å². The number of carbonyl (C=O) groups excluding carboxylic acids is 1. The van der Waals surface area contributed by atoms with E-state index in [-0.39, 0.29) is 5.91 Å². The molecule has 23 heavy (non-hydrogen) atoms. The average molecular weight is 306 g/mol. The van der Waals surface area contributed by atoms with Gasteiger partial charge in [-0.1, -0.05) is 48.9 Å². The lowest BCUT2D eigenvalue weighted by molar-refractivity contribution is -0.120. The van der Waals surface area contributed by atoms with Crippen LogP contribution in [0.2, 0.25) is 0 Å². The number of benzene rings is 2. The summed E-state index contributed by atoms with van der Waals surface area (Å²) in [4.78, 5) is 12.2. The van der Waals surface area contributed by atoms with Gasteiger partial charge in [-0.25, -0.2) is 5.43 Å². The maximum Gasteiger partial charge on any atom is 0.244 e. The van der Waals surface area contributed by atoms with Gasteiger partial charge in [0, 0.05) is 6.21 Å². The largest absolute Gasteiger partial charge is 0.273 e. The van der Waals surface area contributed by atoms with Crippen molar-refractivity contribution in [3.05, 3.63) is 48.0 Å². The fourth-order valence-electron chi connectivity index (χ4n) is 4.34. The second-order valence-electron chi connectivity index (χ2n) is 6.97. The summed E-state index contributed by atoms with van der Waals surface area (Å²) in [6.45, 7) is 0. The smallest absolute Gasteiger partial charge is 0.244 e. The van der Waals surface area contributed by atoms with Crippen LogP contribution in [-0.2, 0) is 11.2 Å². The fourth-order valence-corrected chi connectivity index (χ4v) is 4.34. The summed E-state index contributed by atoms with van der Waals surface area (Å²) in [7, 11) is 0. The molecule has 3 nitrogen and oxygen atoms in total. The van der Waals surface area contributed by atoms with Gasteiger partial charge in [-0.05, 0) is 53.4 Å². The van der Waals surface area contributed by atoms with Crippen molar-refractivity contribution in [2.24, 2.45) is 22.9 Å². The van der Waals surface area contributed by atoms with Gasteiger partial charge in [0.2, 0.25) is 5.91 Å². The van der Waals surface area contributed by atoms with Gasteiger partial charge in [0.15, 0.2) is 0 Å². The van der Waals surface area contributed by atoms with Crippen LogP contribution in [-0.4, -0.2) is 12.1 Å². The zero-order valence-electron chi connectivity index (χ0n) is 13.2. The van der Waals surface area contributed by atoms with Gasteiger partial charge in [0.25, 0.3) is 0 Å². The van der Waals surface area contributed by atoms with E-state index in [1.54, 1.807) is 0 Å². The Morgan fingerprint density at radius 2 is 2.00 bits per heavy atom. The summed E-state index contributed by atoms with van der Waals surface area (Å²) in [6, 6.07) is 14.3. The maximum absolute atomic E-state index is 12.2. The minimum Gasteiger partial charge on any atom is -0.273 e. The highest BCUT2D eigenvalue weighted by molar-refractivity contribution is 5.90. The topological polar surface area (TPSA) is 41.5 Å². The predicted octanol–water partition coefficient (Wildman–Crippen LogP) is 3.92. The van der Waals surface area contributed by atoms with E-state index in [0.29, 0.717) is 12.3 Å². The van der Waals surface area contributed by atoms with Crippen LogP contribution in [0.1, 0.15) is 31.2 Å². The lowest BCUT2D eigenvalue weighted by atomic mass is 9.90. The SMILES string of the molecule is O=C(Cc1cccc2ccccc12)N/N=C/C1CC2CCC1C2. The third-order valence-electron chi connectivity index (χ3n) is 5.48. The van der Waals surface area contributed by atoms with Crippen molar-refractivity contribution >= 4 is 22.9 Å². The third kappa shape index (κ3) is 3.00. The predicted molar refractivity (Wildman–Crippen MR) is 93.2 cm³/mol. The minimum atomic E-state index is -0.0410. The van der Waals surface area contributed by atoms with E-state index in [1.165, 1.54) is 31.1 Å². The fraction of sp³-hybridized carbons (Fsp3) is 0.400. The van der Waals surface area contributed by atoms with Gasteiger partial charge >= 0.3 is 0 Å². The van der Waals surface area contributed by atoms with Crippen molar-refractivity contribution in [3.63, 3.8) is 0 Å². The van der Waals surface area contributed by atoms with Crippen molar-refractivity contribution in [2.75, 3.05) is 0 Å². The molecule has 2 aliphatic rings. The number of hydrogen-bond acceptors (Lipinski definition) is 2. The highest BCUT2D eigenvalue weighted by atomic mass is 16.2. The molecule has 1 amide bonds. The van der Waals surface area contributed by atoms with E-state index in [2.05, 4.69) is 28.7 Å². The highest BCUT2D eigenvalue weighted by Gasteiger charge is 2.38. The Labute approximate surface area is 136 Å². The van der Waals surface area contributed by atoms with Crippen molar-refractivity contribution in [2.45, 2.75) is 32.1 Å². The Bertz CT molecular complexity index is 747. The molecule has 2 aromatic rings. The first kappa shape index (κ1) is 14.4. The number of carbonyl (C=O) groups is 1.